The highest BCUT2D eigenvalue weighted by molar-refractivity contribution is 5.20. The summed E-state index contributed by atoms with van der Waals surface area (Å²) in [6, 6.07) is 0. The minimum absolute atomic E-state index is 1.08. The molecule has 0 aromatic heterocycles. The van der Waals surface area contributed by atoms with E-state index in [0.29, 0.717) is 0 Å². The van der Waals surface area contributed by atoms with Gasteiger partial charge in [-0.2, -0.15) is 0 Å². The van der Waals surface area contributed by atoms with Gasteiger partial charge in [0.1, 0.15) is 0 Å². The SMILES string of the molecule is [C]1=C/C=C\C=C/C=C\C=C/C=C\C=C/CCCCCCCCC\1. The van der Waals surface area contributed by atoms with Crippen molar-refractivity contribution in [1.29, 1.82) is 0 Å². The minimum Gasteiger partial charge on any atom is -0.0845 e. The summed E-state index contributed by atoms with van der Waals surface area (Å²) in [5.74, 6) is 0. The highest BCUT2D eigenvalue weighted by Crippen LogP contribution is 2.10. The third-order valence-electron chi connectivity index (χ3n) is 3.65. The molecule has 0 atom stereocenters. The molecule has 1 radical (unpaired) electrons. The Bertz CT molecular complexity index is 410. The molecule has 1 rings (SSSR count). The molecule has 0 aromatic carbocycles. The molecule has 0 heteroatoms. The largest absolute Gasteiger partial charge is 0.0845 e. The predicted molar refractivity (Wildman–Crippen MR) is 104 cm³/mol. The van der Waals surface area contributed by atoms with E-state index in [0.717, 1.165) is 6.42 Å². The van der Waals surface area contributed by atoms with Crippen LogP contribution in [0, 0.1) is 6.08 Å². The lowest BCUT2D eigenvalue weighted by atomic mass is 10.1. The summed E-state index contributed by atoms with van der Waals surface area (Å²) in [5, 5.41) is 0. The van der Waals surface area contributed by atoms with Crippen molar-refractivity contribution in [2.45, 2.75) is 57.8 Å². The van der Waals surface area contributed by atoms with Gasteiger partial charge in [0, 0.05) is 0 Å². The van der Waals surface area contributed by atoms with Gasteiger partial charge in [0.15, 0.2) is 0 Å². The van der Waals surface area contributed by atoms with E-state index in [-0.39, 0.29) is 0 Å². The summed E-state index contributed by atoms with van der Waals surface area (Å²) in [5.41, 5.74) is 0. The van der Waals surface area contributed by atoms with Gasteiger partial charge in [-0.15, -0.1) is 0 Å². The van der Waals surface area contributed by atoms with Gasteiger partial charge in [0.2, 0.25) is 0 Å². The summed E-state index contributed by atoms with van der Waals surface area (Å²) in [6.07, 6.45) is 42.0. The maximum atomic E-state index is 3.34. The van der Waals surface area contributed by atoms with Crippen LogP contribution >= 0.6 is 0 Å². The fraction of sp³-hybridized carbons (Fsp3) is 0.391. The molecule has 0 saturated carbocycles. The van der Waals surface area contributed by atoms with E-state index < -0.39 is 0 Å². The average Bonchev–Trinajstić information content (AvgIpc) is 2.56. The first kappa shape index (κ1) is 19.2. The van der Waals surface area contributed by atoms with E-state index in [1.165, 1.54) is 51.4 Å². The van der Waals surface area contributed by atoms with Crippen molar-refractivity contribution in [2.24, 2.45) is 0 Å². The van der Waals surface area contributed by atoms with Crippen LogP contribution in [0.15, 0.2) is 79.0 Å². The topological polar surface area (TPSA) is 0 Å². The Morgan fingerprint density at radius 2 is 0.913 bits per heavy atom. The standard InChI is InChI=1S/C23H31/c1-2-4-6-8-10-12-14-16-18-20-22-23-21-19-17-15-13-11-9-7-5-3-1/h1-13H,14,16-23H2/b3-1-,4-2-,7-5-,8-6-,11-9-,12-10-,15-13?. The second-order valence-corrected chi connectivity index (χ2v) is 5.74. The lowest BCUT2D eigenvalue weighted by molar-refractivity contribution is 0.582. The van der Waals surface area contributed by atoms with Crippen LogP contribution in [0.2, 0.25) is 0 Å². The van der Waals surface area contributed by atoms with E-state index in [9.17, 15) is 0 Å². The molecule has 123 valence electrons. The third-order valence-corrected chi connectivity index (χ3v) is 3.65. The van der Waals surface area contributed by atoms with E-state index in [1.807, 2.05) is 48.6 Å². The fourth-order valence-electron chi connectivity index (χ4n) is 2.33. The highest BCUT2D eigenvalue weighted by atomic mass is 14.0. The van der Waals surface area contributed by atoms with E-state index in [4.69, 9.17) is 0 Å². The van der Waals surface area contributed by atoms with Crippen LogP contribution in [-0.2, 0) is 0 Å². The second-order valence-electron chi connectivity index (χ2n) is 5.74. The highest BCUT2D eigenvalue weighted by Gasteiger charge is 1.90. The zero-order chi connectivity index (χ0) is 16.3. The van der Waals surface area contributed by atoms with Crippen molar-refractivity contribution in [2.75, 3.05) is 0 Å². The molecular weight excluding hydrogens is 276 g/mol. The van der Waals surface area contributed by atoms with Gasteiger partial charge in [0.05, 0.1) is 0 Å². The van der Waals surface area contributed by atoms with Crippen molar-refractivity contribution in [3.8, 4) is 0 Å². The molecule has 0 bridgehead atoms. The van der Waals surface area contributed by atoms with Crippen LogP contribution in [0.3, 0.4) is 0 Å². The summed E-state index contributed by atoms with van der Waals surface area (Å²) in [6.45, 7) is 0. The summed E-state index contributed by atoms with van der Waals surface area (Å²) in [7, 11) is 0. The molecule has 0 aliphatic heterocycles. The van der Waals surface area contributed by atoms with Gasteiger partial charge in [-0.1, -0.05) is 111 Å². The Hall–Kier alpha value is -1.82. The van der Waals surface area contributed by atoms with Gasteiger partial charge in [-0.05, 0) is 31.8 Å². The lowest BCUT2D eigenvalue weighted by Gasteiger charge is -1.99. The van der Waals surface area contributed by atoms with Gasteiger partial charge in [0.25, 0.3) is 0 Å². The zero-order valence-corrected chi connectivity index (χ0v) is 14.4. The molecule has 0 fully saturated rings. The summed E-state index contributed by atoms with van der Waals surface area (Å²) >= 11 is 0. The van der Waals surface area contributed by atoms with E-state index in [2.05, 4.69) is 36.5 Å². The quantitative estimate of drug-likeness (QED) is 0.443. The maximum Gasteiger partial charge on any atom is -0.0276 e. The molecular formula is C23H31. The number of rotatable bonds is 0. The smallest absolute Gasteiger partial charge is 0.0276 e. The second kappa shape index (κ2) is 16.5. The molecule has 0 amide bonds. The van der Waals surface area contributed by atoms with Crippen molar-refractivity contribution in [3.05, 3.63) is 85.1 Å². The molecule has 0 nitrogen and oxygen atoms in total. The predicted octanol–water partition coefficient (Wildman–Crippen LogP) is 7.21. The number of allylic oxidation sites excluding steroid dienone is 14. The first-order chi connectivity index (χ1) is 11.5. The zero-order valence-electron chi connectivity index (χ0n) is 14.4. The molecule has 0 heterocycles. The van der Waals surface area contributed by atoms with Crippen molar-refractivity contribution in [1.82, 2.24) is 0 Å². The normalized spacial score (nSPS) is 28.9. The molecule has 0 spiro atoms. The average molecular weight is 308 g/mol. The van der Waals surface area contributed by atoms with Crippen LogP contribution in [0.4, 0.5) is 0 Å². The Morgan fingerprint density at radius 1 is 0.435 bits per heavy atom. The Labute approximate surface area is 143 Å². The number of hydrogen-bond donors (Lipinski definition) is 0. The summed E-state index contributed by atoms with van der Waals surface area (Å²) < 4.78 is 0. The van der Waals surface area contributed by atoms with Gasteiger partial charge in [-0.3, -0.25) is 0 Å². The fourth-order valence-corrected chi connectivity index (χ4v) is 2.33. The minimum atomic E-state index is 1.08. The van der Waals surface area contributed by atoms with Crippen LogP contribution in [0.25, 0.3) is 0 Å². The molecule has 0 aromatic rings. The van der Waals surface area contributed by atoms with Crippen LogP contribution in [-0.4, -0.2) is 0 Å². The molecule has 0 unspecified atom stereocenters. The van der Waals surface area contributed by atoms with E-state index in [1.54, 1.807) is 0 Å². The van der Waals surface area contributed by atoms with E-state index >= 15 is 0 Å². The Morgan fingerprint density at radius 3 is 1.57 bits per heavy atom. The molecule has 1 aliphatic rings. The Kier molecular flexibility index (Phi) is 13.8. The van der Waals surface area contributed by atoms with Gasteiger partial charge in [-0.25, -0.2) is 0 Å². The lowest BCUT2D eigenvalue weighted by Crippen LogP contribution is -1.80. The molecule has 23 heavy (non-hydrogen) atoms. The van der Waals surface area contributed by atoms with Crippen LogP contribution in [0.5, 0.6) is 0 Å². The van der Waals surface area contributed by atoms with Crippen LogP contribution < -0.4 is 0 Å². The summed E-state index contributed by atoms with van der Waals surface area (Å²) in [4.78, 5) is 0. The van der Waals surface area contributed by atoms with Crippen molar-refractivity contribution in [3.63, 3.8) is 0 Å². The third kappa shape index (κ3) is 14.9. The molecule has 1 aliphatic carbocycles. The van der Waals surface area contributed by atoms with Crippen molar-refractivity contribution < 1.29 is 0 Å². The van der Waals surface area contributed by atoms with Gasteiger partial charge < -0.3 is 0 Å². The van der Waals surface area contributed by atoms with Crippen LogP contribution in [0.1, 0.15) is 57.8 Å². The first-order valence-electron chi connectivity index (χ1n) is 9.05. The molecule has 0 saturated heterocycles. The first-order valence-corrected chi connectivity index (χ1v) is 9.05. The number of hydrogen-bond acceptors (Lipinski definition) is 0. The maximum absolute atomic E-state index is 3.34. The van der Waals surface area contributed by atoms with Gasteiger partial charge >= 0.3 is 0 Å². The Balaban J connectivity index is 2.39. The molecule has 0 N–H and O–H groups in total. The van der Waals surface area contributed by atoms with Crippen molar-refractivity contribution >= 4 is 0 Å². The monoisotopic (exact) mass is 307 g/mol.